The van der Waals surface area contributed by atoms with Crippen LogP contribution in [0.5, 0.6) is 0 Å². The molecule has 1 fully saturated rings. The Balaban J connectivity index is 1.92. The Morgan fingerprint density at radius 2 is 2.08 bits per heavy atom. The van der Waals surface area contributed by atoms with E-state index in [-0.39, 0.29) is 5.82 Å². The fourth-order valence-electron chi connectivity index (χ4n) is 3.67. The summed E-state index contributed by atoms with van der Waals surface area (Å²) < 4.78 is 15.7. The zero-order chi connectivity index (χ0) is 16.5. The molecule has 3 aromatic rings. The van der Waals surface area contributed by atoms with Gasteiger partial charge in [0.1, 0.15) is 5.82 Å². The van der Waals surface area contributed by atoms with E-state index in [1.54, 1.807) is 6.08 Å². The molecule has 1 N–H and O–H groups in total. The molecule has 0 atom stereocenters. The summed E-state index contributed by atoms with van der Waals surface area (Å²) in [5.74, 6) is 0.298. The molecule has 0 radical (unpaired) electrons. The zero-order valence-corrected chi connectivity index (χ0v) is 13.5. The summed E-state index contributed by atoms with van der Waals surface area (Å²) in [6.07, 6.45) is 9.90. The second-order valence-corrected chi connectivity index (χ2v) is 6.28. The van der Waals surface area contributed by atoms with E-state index in [1.807, 2.05) is 18.5 Å². The van der Waals surface area contributed by atoms with Gasteiger partial charge in [-0.25, -0.2) is 4.39 Å². The number of hydrogen-bond acceptors (Lipinski definition) is 2. The average Bonchev–Trinajstić information content (AvgIpc) is 3.02. The highest BCUT2D eigenvalue weighted by molar-refractivity contribution is 5.86. The lowest BCUT2D eigenvalue weighted by Crippen LogP contribution is -2.26. The topological polar surface area (TPSA) is 29.9 Å². The predicted octanol–water partition coefficient (Wildman–Crippen LogP) is 4.27. The molecular formula is C20H20FN3. The number of halogens is 1. The van der Waals surface area contributed by atoms with Crippen molar-refractivity contribution in [2.24, 2.45) is 0 Å². The van der Waals surface area contributed by atoms with E-state index in [2.05, 4.69) is 33.7 Å². The van der Waals surface area contributed by atoms with Gasteiger partial charge in [-0.2, -0.15) is 0 Å². The lowest BCUT2D eigenvalue weighted by atomic mass is 9.90. The molecule has 1 saturated heterocycles. The van der Waals surface area contributed by atoms with Gasteiger partial charge in [0.15, 0.2) is 0 Å². The Morgan fingerprint density at radius 1 is 1.25 bits per heavy atom. The minimum atomic E-state index is -0.248. The first-order chi connectivity index (χ1) is 11.8. The molecule has 0 bridgehead atoms. The highest BCUT2D eigenvalue weighted by Gasteiger charge is 2.21. The molecule has 1 aromatic carbocycles. The second kappa shape index (κ2) is 6.21. The first-order valence-electron chi connectivity index (χ1n) is 8.36. The van der Waals surface area contributed by atoms with E-state index in [9.17, 15) is 4.39 Å². The summed E-state index contributed by atoms with van der Waals surface area (Å²) in [5.41, 5.74) is 4.13. The highest BCUT2D eigenvalue weighted by atomic mass is 19.1. The van der Waals surface area contributed by atoms with Gasteiger partial charge in [-0.15, -0.1) is 0 Å². The van der Waals surface area contributed by atoms with Crippen LogP contribution in [0.25, 0.3) is 22.7 Å². The van der Waals surface area contributed by atoms with Crippen molar-refractivity contribution in [1.29, 1.82) is 0 Å². The first-order valence-corrected chi connectivity index (χ1v) is 8.36. The molecule has 3 nitrogen and oxygen atoms in total. The predicted molar refractivity (Wildman–Crippen MR) is 96.0 cm³/mol. The van der Waals surface area contributed by atoms with Gasteiger partial charge in [-0.05, 0) is 61.7 Å². The van der Waals surface area contributed by atoms with Crippen molar-refractivity contribution in [3.8, 4) is 5.69 Å². The molecule has 2 aromatic heterocycles. The molecule has 1 aliphatic heterocycles. The molecule has 0 aliphatic carbocycles. The van der Waals surface area contributed by atoms with Crippen LogP contribution >= 0.6 is 0 Å². The minimum absolute atomic E-state index is 0.248. The molecule has 0 amide bonds. The van der Waals surface area contributed by atoms with Crippen LogP contribution in [0.2, 0.25) is 0 Å². The second-order valence-electron chi connectivity index (χ2n) is 6.28. The summed E-state index contributed by atoms with van der Waals surface area (Å²) in [6.45, 7) is 5.94. The summed E-state index contributed by atoms with van der Waals surface area (Å²) in [7, 11) is 0. The largest absolute Gasteiger partial charge is 0.317 e. The standard InChI is InChI=1S/C20H20FN3/c1-2-14-11-16(21)3-4-19(14)24-13-18(15-5-8-22-9-6-15)17-7-10-23-12-20(17)24/h2-4,7,10-13,15,22H,1,5-6,8-9H2. The third kappa shape index (κ3) is 2.53. The van der Waals surface area contributed by atoms with Gasteiger partial charge < -0.3 is 9.88 Å². The summed E-state index contributed by atoms with van der Waals surface area (Å²) in [5, 5.41) is 4.65. The number of benzene rings is 1. The number of piperidine rings is 1. The Kier molecular flexibility index (Phi) is 3.90. The van der Waals surface area contributed by atoms with Crippen LogP contribution in [0.4, 0.5) is 4.39 Å². The third-order valence-corrected chi connectivity index (χ3v) is 4.89. The average molecular weight is 321 g/mol. The van der Waals surface area contributed by atoms with E-state index in [1.165, 1.54) is 23.1 Å². The number of rotatable bonds is 3. The van der Waals surface area contributed by atoms with E-state index >= 15 is 0 Å². The first kappa shape index (κ1) is 15.1. The maximum absolute atomic E-state index is 13.6. The van der Waals surface area contributed by atoms with Gasteiger partial charge in [0, 0.05) is 23.3 Å². The van der Waals surface area contributed by atoms with Gasteiger partial charge in [0.05, 0.1) is 17.4 Å². The Labute approximate surface area is 140 Å². The van der Waals surface area contributed by atoms with Crippen LogP contribution < -0.4 is 5.32 Å². The molecule has 4 rings (SSSR count). The minimum Gasteiger partial charge on any atom is -0.317 e. The highest BCUT2D eigenvalue weighted by Crippen LogP contribution is 2.34. The van der Waals surface area contributed by atoms with Crippen molar-refractivity contribution in [2.45, 2.75) is 18.8 Å². The number of fused-ring (bicyclic) bond motifs is 1. The fraction of sp³-hybridized carbons (Fsp3) is 0.250. The summed E-state index contributed by atoms with van der Waals surface area (Å²) in [6, 6.07) is 6.91. The van der Waals surface area contributed by atoms with Crippen LogP contribution in [0.3, 0.4) is 0 Å². The van der Waals surface area contributed by atoms with Gasteiger partial charge in [0.25, 0.3) is 0 Å². The number of hydrogen-bond donors (Lipinski definition) is 1. The number of nitrogens with zero attached hydrogens (tertiary/aromatic N) is 2. The lowest BCUT2D eigenvalue weighted by Gasteiger charge is -2.22. The van der Waals surface area contributed by atoms with Gasteiger partial charge in [0.2, 0.25) is 0 Å². The normalized spacial score (nSPS) is 15.7. The van der Waals surface area contributed by atoms with Crippen LogP contribution in [0.15, 0.2) is 49.4 Å². The quantitative estimate of drug-likeness (QED) is 0.780. The monoisotopic (exact) mass is 321 g/mol. The SMILES string of the molecule is C=Cc1cc(F)ccc1-n1cc(C2CCNCC2)c2ccncc21. The Bertz CT molecular complexity index is 891. The third-order valence-electron chi connectivity index (χ3n) is 4.89. The van der Waals surface area contributed by atoms with Crippen LogP contribution in [-0.4, -0.2) is 22.6 Å². The Morgan fingerprint density at radius 3 is 2.88 bits per heavy atom. The van der Waals surface area contributed by atoms with Crippen LogP contribution in [0, 0.1) is 5.82 Å². The van der Waals surface area contributed by atoms with E-state index < -0.39 is 0 Å². The van der Waals surface area contributed by atoms with Crippen molar-refractivity contribution in [3.63, 3.8) is 0 Å². The summed E-state index contributed by atoms with van der Waals surface area (Å²) >= 11 is 0. The fourth-order valence-corrected chi connectivity index (χ4v) is 3.67. The maximum atomic E-state index is 13.6. The Hall–Kier alpha value is -2.46. The molecule has 0 saturated carbocycles. The van der Waals surface area contributed by atoms with Crippen molar-refractivity contribution >= 4 is 17.0 Å². The van der Waals surface area contributed by atoms with Crippen molar-refractivity contribution < 1.29 is 4.39 Å². The molecule has 0 spiro atoms. The smallest absolute Gasteiger partial charge is 0.123 e. The van der Waals surface area contributed by atoms with Gasteiger partial charge in [-0.3, -0.25) is 4.98 Å². The molecule has 122 valence electrons. The maximum Gasteiger partial charge on any atom is 0.123 e. The molecular weight excluding hydrogens is 301 g/mol. The van der Waals surface area contributed by atoms with Crippen LogP contribution in [0.1, 0.15) is 29.9 Å². The molecule has 3 heterocycles. The van der Waals surface area contributed by atoms with Gasteiger partial charge >= 0.3 is 0 Å². The van der Waals surface area contributed by atoms with Crippen molar-refractivity contribution in [2.75, 3.05) is 13.1 Å². The van der Waals surface area contributed by atoms with Crippen LogP contribution in [-0.2, 0) is 0 Å². The summed E-state index contributed by atoms with van der Waals surface area (Å²) in [4.78, 5) is 4.30. The number of aromatic nitrogens is 2. The van der Waals surface area contributed by atoms with Gasteiger partial charge in [-0.1, -0.05) is 12.7 Å². The van der Waals surface area contributed by atoms with E-state index in [0.29, 0.717) is 5.92 Å². The lowest BCUT2D eigenvalue weighted by molar-refractivity contribution is 0.462. The van der Waals surface area contributed by atoms with Crippen molar-refractivity contribution in [3.05, 3.63) is 66.4 Å². The molecule has 1 aliphatic rings. The zero-order valence-electron chi connectivity index (χ0n) is 13.5. The molecule has 24 heavy (non-hydrogen) atoms. The number of pyridine rings is 1. The number of nitrogens with one attached hydrogen (secondary N) is 1. The van der Waals surface area contributed by atoms with Crippen molar-refractivity contribution in [1.82, 2.24) is 14.9 Å². The molecule has 0 unspecified atom stereocenters. The van der Waals surface area contributed by atoms with E-state index in [4.69, 9.17) is 0 Å². The van der Waals surface area contributed by atoms with E-state index in [0.717, 1.165) is 42.7 Å². The molecule has 4 heteroatoms.